The molecular formula is C15H16N6. The van der Waals surface area contributed by atoms with Crippen LogP contribution >= 0.6 is 0 Å². The zero-order chi connectivity index (χ0) is 15.1. The second-order valence-electron chi connectivity index (χ2n) is 4.21. The van der Waals surface area contributed by atoms with Crippen LogP contribution in [-0.4, -0.2) is 15.4 Å². The molecule has 6 nitrogen and oxygen atoms in total. The maximum Gasteiger partial charge on any atom is 0.174 e. The maximum absolute atomic E-state index is 5.27. The molecule has 1 aromatic heterocycles. The zero-order valence-electron chi connectivity index (χ0n) is 11.3. The van der Waals surface area contributed by atoms with Crippen molar-refractivity contribution in [2.24, 2.45) is 0 Å². The van der Waals surface area contributed by atoms with Crippen LogP contribution in [0.5, 0.6) is 0 Å². The number of anilines is 3. The quantitative estimate of drug-likeness (QED) is 0.627. The Morgan fingerprint density at radius 3 is 1.29 bits per heavy atom. The number of nitrogens with two attached hydrogens (primary N) is 3. The molecule has 0 amide bonds. The van der Waals surface area contributed by atoms with E-state index in [9.17, 15) is 0 Å². The van der Waals surface area contributed by atoms with Crippen LogP contribution in [0.15, 0.2) is 60.7 Å². The summed E-state index contributed by atoms with van der Waals surface area (Å²) in [4.78, 5) is 0. The van der Waals surface area contributed by atoms with Crippen molar-refractivity contribution in [3.63, 3.8) is 0 Å². The van der Waals surface area contributed by atoms with E-state index in [4.69, 9.17) is 17.2 Å². The molecule has 1 heterocycles. The van der Waals surface area contributed by atoms with Gasteiger partial charge in [0.05, 0.1) is 0 Å². The third-order valence-corrected chi connectivity index (χ3v) is 2.74. The van der Waals surface area contributed by atoms with Gasteiger partial charge < -0.3 is 17.2 Å². The smallest absolute Gasteiger partial charge is 0.174 e. The fourth-order valence-corrected chi connectivity index (χ4v) is 1.62. The average Bonchev–Trinajstić information content (AvgIpc) is 2.55. The number of hydrogen-bond acceptors (Lipinski definition) is 6. The van der Waals surface area contributed by atoms with E-state index in [0.29, 0.717) is 0 Å². The molecule has 6 N–H and O–H groups in total. The van der Waals surface area contributed by atoms with Crippen molar-refractivity contribution in [2.45, 2.75) is 0 Å². The van der Waals surface area contributed by atoms with Crippen LogP contribution in [0, 0.1) is 0 Å². The molecule has 0 saturated carbocycles. The summed E-state index contributed by atoms with van der Waals surface area (Å²) in [6, 6.07) is 20.8. The minimum atomic E-state index is 0.113. The third-order valence-electron chi connectivity index (χ3n) is 2.74. The van der Waals surface area contributed by atoms with Gasteiger partial charge in [0.25, 0.3) is 0 Å². The average molecular weight is 280 g/mol. The van der Waals surface area contributed by atoms with Crippen LogP contribution in [0.3, 0.4) is 0 Å². The Labute approximate surface area is 122 Å². The van der Waals surface area contributed by atoms with Crippen LogP contribution in [0.4, 0.5) is 17.3 Å². The van der Waals surface area contributed by atoms with E-state index in [-0.39, 0.29) is 17.3 Å². The number of hydrogen-bond donors (Lipinski definition) is 3. The first-order valence-electron chi connectivity index (χ1n) is 6.28. The second kappa shape index (κ2) is 6.85. The van der Waals surface area contributed by atoms with Gasteiger partial charge in [0.1, 0.15) is 5.69 Å². The molecular weight excluding hydrogens is 264 g/mol. The highest BCUT2D eigenvalue weighted by molar-refractivity contribution is 5.69. The van der Waals surface area contributed by atoms with E-state index in [0.717, 1.165) is 0 Å². The molecule has 106 valence electrons. The molecule has 0 spiro atoms. The van der Waals surface area contributed by atoms with Crippen molar-refractivity contribution in [3.05, 3.63) is 60.7 Å². The van der Waals surface area contributed by atoms with Crippen LogP contribution in [0.25, 0.3) is 11.1 Å². The molecule has 0 bridgehead atoms. The molecule has 21 heavy (non-hydrogen) atoms. The molecule has 0 aliphatic heterocycles. The van der Waals surface area contributed by atoms with Crippen LogP contribution in [0.1, 0.15) is 0 Å². The summed E-state index contributed by atoms with van der Waals surface area (Å²) < 4.78 is 0. The first-order chi connectivity index (χ1) is 10.2. The molecule has 2 aromatic carbocycles. The molecule has 0 radical (unpaired) electrons. The van der Waals surface area contributed by atoms with Gasteiger partial charge in [-0.05, 0) is 16.3 Å². The van der Waals surface area contributed by atoms with Crippen LogP contribution in [0.2, 0.25) is 0 Å². The molecule has 3 aromatic rings. The van der Waals surface area contributed by atoms with Crippen LogP contribution in [-0.2, 0) is 0 Å². The number of nitrogens with zero attached hydrogens (tertiary/aromatic N) is 3. The minimum absolute atomic E-state index is 0.113. The number of rotatable bonds is 1. The first-order valence-corrected chi connectivity index (χ1v) is 6.28. The molecule has 3 rings (SSSR count). The summed E-state index contributed by atoms with van der Waals surface area (Å²) in [6.45, 7) is 0. The fraction of sp³-hybridized carbons (Fsp3) is 0. The summed E-state index contributed by atoms with van der Waals surface area (Å²) in [6.07, 6.45) is 0. The summed E-state index contributed by atoms with van der Waals surface area (Å²) in [7, 11) is 0. The lowest BCUT2D eigenvalue weighted by atomic mass is 10.1. The highest BCUT2D eigenvalue weighted by Crippen LogP contribution is 2.17. The van der Waals surface area contributed by atoms with Crippen molar-refractivity contribution in [3.8, 4) is 11.1 Å². The summed E-state index contributed by atoms with van der Waals surface area (Å²) in [5.41, 5.74) is 18.4. The SMILES string of the molecule is Nc1nnnc(N)c1N.c1ccc(-c2ccccc2)cc1. The predicted octanol–water partition coefficient (Wildman–Crippen LogP) is 1.97. The Kier molecular flexibility index (Phi) is 4.66. The van der Waals surface area contributed by atoms with E-state index < -0.39 is 0 Å². The Morgan fingerprint density at radius 2 is 0.952 bits per heavy atom. The van der Waals surface area contributed by atoms with Crippen molar-refractivity contribution in [1.29, 1.82) is 0 Å². The van der Waals surface area contributed by atoms with Gasteiger partial charge in [-0.1, -0.05) is 60.7 Å². The fourth-order valence-electron chi connectivity index (χ4n) is 1.62. The van der Waals surface area contributed by atoms with Gasteiger partial charge in [-0.25, -0.2) is 0 Å². The Bertz CT molecular complexity index is 627. The third kappa shape index (κ3) is 3.90. The highest BCUT2D eigenvalue weighted by Gasteiger charge is 1.99. The van der Waals surface area contributed by atoms with Crippen molar-refractivity contribution >= 4 is 17.3 Å². The standard InChI is InChI=1S/C12H10.C3H6N6/c1-3-7-11(8-4-1)12-9-5-2-6-10-12;4-1-2(5)7-9-8-3(1)6/h1-10H;(H2,4,9)(H4,5,6,7,8). The minimum Gasteiger partial charge on any atom is -0.393 e. The Balaban J connectivity index is 0.000000161. The number of nitrogen functional groups attached to an aromatic ring is 3. The predicted molar refractivity (Wildman–Crippen MR) is 84.9 cm³/mol. The van der Waals surface area contributed by atoms with E-state index in [2.05, 4.69) is 63.9 Å². The van der Waals surface area contributed by atoms with E-state index in [1.165, 1.54) is 11.1 Å². The molecule has 6 heteroatoms. The summed E-state index contributed by atoms with van der Waals surface area (Å²) in [5.74, 6) is 0.227. The monoisotopic (exact) mass is 280 g/mol. The lowest BCUT2D eigenvalue weighted by Gasteiger charge is -1.98. The molecule has 0 saturated heterocycles. The second-order valence-corrected chi connectivity index (χ2v) is 4.21. The topological polar surface area (TPSA) is 117 Å². The van der Waals surface area contributed by atoms with E-state index in [1.807, 2.05) is 12.1 Å². The Hall–Kier alpha value is -3.15. The van der Waals surface area contributed by atoms with Crippen molar-refractivity contribution in [1.82, 2.24) is 15.4 Å². The van der Waals surface area contributed by atoms with Gasteiger partial charge in [0, 0.05) is 0 Å². The molecule has 0 aliphatic rings. The largest absolute Gasteiger partial charge is 0.393 e. The van der Waals surface area contributed by atoms with Gasteiger partial charge in [-0.15, -0.1) is 10.2 Å². The first kappa shape index (κ1) is 14.3. The van der Waals surface area contributed by atoms with E-state index in [1.54, 1.807) is 0 Å². The summed E-state index contributed by atoms with van der Waals surface area (Å²) >= 11 is 0. The zero-order valence-corrected chi connectivity index (χ0v) is 11.3. The lowest BCUT2D eigenvalue weighted by Crippen LogP contribution is -2.06. The van der Waals surface area contributed by atoms with Crippen LogP contribution < -0.4 is 17.2 Å². The molecule has 0 aliphatic carbocycles. The number of aromatic nitrogens is 3. The van der Waals surface area contributed by atoms with Gasteiger partial charge >= 0.3 is 0 Å². The van der Waals surface area contributed by atoms with E-state index >= 15 is 0 Å². The number of benzene rings is 2. The molecule has 0 fully saturated rings. The molecule has 0 atom stereocenters. The van der Waals surface area contributed by atoms with Gasteiger partial charge in [0.15, 0.2) is 11.6 Å². The molecule has 0 unspecified atom stereocenters. The van der Waals surface area contributed by atoms with Crippen molar-refractivity contribution < 1.29 is 0 Å². The lowest BCUT2D eigenvalue weighted by molar-refractivity contribution is 0.884. The Morgan fingerprint density at radius 1 is 0.571 bits per heavy atom. The van der Waals surface area contributed by atoms with Gasteiger partial charge in [0.2, 0.25) is 0 Å². The van der Waals surface area contributed by atoms with Gasteiger partial charge in [-0.3, -0.25) is 0 Å². The summed E-state index contributed by atoms with van der Waals surface area (Å²) in [5, 5.41) is 9.92. The van der Waals surface area contributed by atoms with Crippen molar-refractivity contribution in [2.75, 3.05) is 17.2 Å². The normalized spacial score (nSPS) is 9.52. The highest BCUT2D eigenvalue weighted by atomic mass is 15.3. The van der Waals surface area contributed by atoms with Gasteiger partial charge in [-0.2, -0.15) is 0 Å². The maximum atomic E-state index is 5.27.